The summed E-state index contributed by atoms with van der Waals surface area (Å²) in [5.41, 5.74) is 4.57. The van der Waals surface area contributed by atoms with Crippen molar-refractivity contribution in [3.8, 4) is 17.2 Å². The van der Waals surface area contributed by atoms with Gasteiger partial charge in [0.25, 0.3) is 0 Å². The van der Waals surface area contributed by atoms with Crippen molar-refractivity contribution in [1.82, 2.24) is 4.90 Å². The minimum atomic E-state index is -4.57. The van der Waals surface area contributed by atoms with Crippen molar-refractivity contribution < 1.29 is 27.4 Å². The Kier molecular flexibility index (Phi) is 5.96. The molecule has 1 fully saturated rings. The predicted molar refractivity (Wildman–Crippen MR) is 134 cm³/mol. The number of rotatable bonds is 3. The van der Waals surface area contributed by atoms with Gasteiger partial charge in [-0.3, -0.25) is 4.90 Å². The van der Waals surface area contributed by atoms with E-state index in [1.165, 1.54) is 6.07 Å². The van der Waals surface area contributed by atoms with Crippen LogP contribution >= 0.6 is 0 Å². The molecule has 2 bridgehead atoms. The van der Waals surface area contributed by atoms with Crippen LogP contribution in [0, 0.1) is 11.3 Å². The van der Waals surface area contributed by atoms with Gasteiger partial charge in [-0.15, -0.1) is 0 Å². The maximum absolute atomic E-state index is 13.4. The van der Waals surface area contributed by atoms with E-state index in [1.807, 2.05) is 30.3 Å². The van der Waals surface area contributed by atoms with E-state index in [2.05, 4.69) is 24.3 Å². The number of nitriles is 1. The molecule has 2 atom stereocenters. The van der Waals surface area contributed by atoms with E-state index in [-0.39, 0.29) is 37.3 Å². The first-order valence-corrected chi connectivity index (χ1v) is 12.4. The van der Waals surface area contributed by atoms with E-state index in [1.54, 1.807) is 11.0 Å². The number of benzene rings is 3. The Morgan fingerprint density at radius 1 is 1.03 bits per heavy atom. The Balaban J connectivity index is 1.24. The molecule has 5 nitrogen and oxygen atoms in total. The van der Waals surface area contributed by atoms with Gasteiger partial charge in [0, 0.05) is 5.92 Å². The molecule has 0 aromatic heterocycles. The first-order chi connectivity index (χ1) is 18.3. The van der Waals surface area contributed by atoms with Crippen molar-refractivity contribution in [2.75, 3.05) is 19.8 Å². The highest BCUT2D eigenvalue weighted by molar-refractivity contribution is 5.79. The fourth-order valence-corrected chi connectivity index (χ4v) is 5.80. The van der Waals surface area contributed by atoms with Gasteiger partial charge in [0.2, 0.25) is 0 Å². The zero-order valence-electron chi connectivity index (χ0n) is 20.2. The average molecular weight is 517 g/mol. The van der Waals surface area contributed by atoms with Crippen molar-refractivity contribution in [3.63, 3.8) is 0 Å². The standard InChI is InChI=1S/C30H23F3N2O3/c31-30(32,33)21-10-18(14-34)9-19(11-21)20-12-22-15-37-16-23(13-20)35(22)29(36)38-17-28-26-7-3-1-5-24(26)25-6-2-4-8-27(25)28/h1-12,22-23,28H,13,15-17H2. The van der Waals surface area contributed by atoms with Crippen LogP contribution in [0.5, 0.6) is 0 Å². The maximum Gasteiger partial charge on any atom is 0.416 e. The van der Waals surface area contributed by atoms with E-state index < -0.39 is 23.9 Å². The molecular formula is C30H23F3N2O3. The van der Waals surface area contributed by atoms with Gasteiger partial charge in [0.15, 0.2) is 0 Å². The number of alkyl halides is 3. The topological polar surface area (TPSA) is 62.6 Å². The second-order valence-electron chi connectivity index (χ2n) is 9.77. The highest BCUT2D eigenvalue weighted by Crippen LogP contribution is 2.45. The van der Waals surface area contributed by atoms with Crippen molar-refractivity contribution in [2.45, 2.75) is 30.6 Å². The number of hydrogen-bond acceptors (Lipinski definition) is 4. The Bertz CT molecular complexity index is 1450. The van der Waals surface area contributed by atoms with Crippen LogP contribution in [0.4, 0.5) is 18.0 Å². The molecule has 38 heavy (non-hydrogen) atoms. The van der Waals surface area contributed by atoms with Crippen molar-refractivity contribution in [2.24, 2.45) is 0 Å². The summed E-state index contributed by atoms with van der Waals surface area (Å²) in [6.07, 6.45) is -2.98. The van der Waals surface area contributed by atoms with Gasteiger partial charge in [-0.05, 0) is 58.0 Å². The lowest BCUT2D eigenvalue weighted by atomic mass is 9.88. The number of amides is 1. The molecule has 8 heteroatoms. The van der Waals surface area contributed by atoms with Crippen LogP contribution in [0.25, 0.3) is 16.7 Å². The van der Waals surface area contributed by atoms with Crippen LogP contribution in [0.2, 0.25) is 0 Å². The molecule has 192 valence electrons. The largest absolute Gasteiger partial charge is 0.448 e. The second kappa shape index (κ2) is 9.34. The smallest absolute Gasteiger partial charge is 0.416 e. The maximum atomic E-state index is 13.4. The minimum Gasteiger partial charge on any atom is -0.448 e. The van der Waals surface area contributed by atoms with E-state index in [9.17, 15) is 23.2 Å². The zero-order chi connectivity index (χ0) is 26.4. The van der Waals surface area contributed by atoms with Crippen molar-refractivity contribution in [3.05, 3.63) is 101 Å². The van der Waals surface area contributed by atoms with E-state index in [0.29, 0.717) is 17.6 Å². The third-order valence-electron chi connectivity index (χ3n) is 7.51. The summed E-state index contributed by atoms with van der Waals surface area (Å²) in [6, 6.07) is 20.5. The minimum absolute atomic E-state index is 0.0592. The molecule has 2 unspecified atom stereocenters. The van der Waals surface area contributed by atoms with Crippen LogP contribution < -0.4 is 0 Å². The van der Waals surface area contributed by atoms with Gasteiger partial charge < -0.3 is 9.47 Å². The third-order valence-corrected chi connectivity index (χ3v) is 7.51. The predicted octanol–water partition coefficient (Wildman–Crippen LogP) is 6.38. The summed E-state index contributed by atoms with van der Waals surface area (Å²) in [6.45, 7) is 0.649. The molecule has 3 aromatic carbocycles. The SMILES string of the molecule is N#Cc1cc(C2=CC3COCC(C2)N3C(=O)OCC2c3ccccc3-c3ccccc32)cc(C(F)(F)F)c1. The lowest BCUT2D eigenvalue weighted by Gasteiger charge is -2.44. The second-order valence-corrected chi connectivity index (χ2v) is 9.77. The van der Waals surface area contributed by atoms with Crippen LogP contribution in [-0.4, -0.2) is 42.9 Å². The first kappa shape index (κ1) is 24.3. The molecule has 1 saturated heterocycles. The summed E-state index contributed by atoms with van der Waals surface area (Å²) >= 11 is 0. The van der Waals surface area contributed by atoms with E-state index >= 15 is 0 Å². The Labute approximate surface area is 217 Å². The van der Waals surface area contributed by atoms with Crippen molar-refractivity contribution >= 4 is 11.7 Å². The number of halogens is 3. The number of hydrogen-bond donors (Lipinski definition) is 0. The number of carbonyl (C=O) groups excluding carboxylic acids is 1. The van der Waals surface area contributed by atoms with Gasteiger partial charge in [0.1, 0.15) is 6.61 Å². The average Bonchev–Trinajstić information content (AvgIpc) is 3.24. The number of carbonyl (C=O) groups is 1. The molecule has 0 N–H and O–H groups in total. The summed E-state index contributed by atoms with van der Waals surface area (Å²) in [7, 11) is 0. The van der Waals surface area contributed by atoms with E-state index in [4.69, 9.17) is 9.47 Å². The fraction of sp³-hybridized carbons (Fsp3) is 0.267. The van der Waals surface area contributed by atoms with E-state index in [0.717, 1.165) is 34.4 Å². The highest BCUT2D eigenvalue weighted by atomic mass is 19.4. The molecule has 1 amide bonds. The summed E-state index contributed by atoms with van der Waals surface area (Å²) in [5.74, 6) is -0.0761. The van der Waals surface area contributed by atoms with Gasteiger partial charge in [-0.1, -0.05) is 54.6 Å². The number of ether oxygens (including phenoxy) is 2. The Morgan fingerprint density at radius 3 is 2.34 bits per heavy atom. The molecule has 0 saturated carbocycles. The van der Waals surface area contributed by atoms with Crippen LogP contribution in [-0.2, 0) is 15.7 Å². The lowest BCUT2D eigenvalue weighted by Crippen LogP contribution is -2.56. The first-order valence-electron chi connectivity index (χ1n) is 12.4. The quantitative estimate of drug-likeness (QED) is 0.405. The van der Waals surface area contributed by atoms with Crippen LogP contribution in [0.1, 0.15) is 40.2 Å². The lowest BCUT2D eigenvalue weighted by molar-refractivity contribution is -0.137. The van der Waals surface area contributed by atoms with Gasteiger partial charge in [0.05, 0.1) is 42.5 Å². The Hall–Kier alpha value is -4.09. The summed E-state index contributed by atoms with van der Waals surface area (Å²) < 4.78 is 51.8. The van der Waals surface area contributed by atoms with Gasteiger partial charge >= 0.3 is 12.3 Å². The number of fused-ring (bicyclic) bond motifs is 5. The van der Waals surface area contributed by atoms with Crippen LogP contribution in [0.3, 0.4) is 0 Å². The summed E-state index contributed by atoms with van der Waals surface area (Å²) in [4.78, 5) is 15.0. The molecule has 2 heterocycles. The van der Waals surface area contributed by atoms with Gasteiger partial charge in [-0.2, -0.15) is 18.4 Å². The molecule has 3 aromatic rings. The normalized spacial score (nSPS) is 20.3. The number of morpholine rings is 1. The zero-order valence-corrected chi connectivity index (χ0v) is 20.2. The number of nitrogens with zero attached hydrogens (tertiary/aromatic N) is 2. The monoisotopic (exact) mass is 516 g/mol. The fourth-order valence-electron chi connectivity index (χ4n) is 5.80. The third kappa shape index (κ3) is 4.23. The molecule has 6 rings (SSSR count). The van der Waals surface area contributed by atoms with Gasteiger partial charge in [-0.25, -0.2) is 4.79 Å². The summed E-state index contributed by atoms with van der Waals surface area (Å²) in [5, 5.41) is 9.27. The molecule has 0 spiro atoms. The van der Waals surface area contributed by atoms with Crippen LogP contribution in [0.15, 0.2) is 72.8 Å². The molecule has 0 radical (unpaired) electrons. The molecule has 2 aliphatic heterocycles. The molecule has 3 aliphatic rings. The Morgan fingerprint density at radius 2 is 1.71 bits per heavy atom. The van der Waals surface area contributed by atoms with Crippen molar-refractivity contribution in [1.29, 1.82) is 5.26 Å². The molecular weight excluding hydrogens is 493 g/mol. The highest BCUT2D eigenvalue weighted by Gasteiger charge is 2.40. The molecule has 1 aliphatic carbocycles.